The van der Waals surface area contributed by atoms with Crippen molar-refractivity contribution in [2.45, 2.75) is 51.7 Å². The van der Waals surface area contributed by atoms with Crippen molar-refractivity contribution in [1.82, 2.24) is 16.0 Å². The van der Waals surface area contributed by atoms with Crippen LogP contribution in [0.5, 0.6) is 0 Å². The first-order chi connectivity index (χ1) is 11.2. The summed E-state index contributed by atoms with van der Waals surface area (Å²) in [6, 6.07) is -2.63. The topological polar surface area (TPSA) is 125 Å². The van der Waals surface area contributed by atoms with E-state index in [2.05, 4.69) is 16.0 Å². The molecule has 0 aliphatic rings. The molecule has 0 aromatic rings. The third kappa shape index (κ3) is 8.76. The van der Waals surface area contributed by atoms with E-state index >= 15 is 0 Å². The van der Waals surface area contributed by atoms with Gasteiger partial charge in [0, 0.05) is 0 Å². The maximum absolute atomic E-state index is 12.1. The molecule has 0 heterocycles. The van der Waals surface area contributed by atoms with Crippen molar-refractivity contribution in [3.63, 3.8) is 0 Å². The summed E-state index contributed by atoms with van der Waals surface area (Å²) >= 11 is 1.54. The lowest BCUT2D eigenvalue weighted by molar-refractivity contribution is -0.142. The smallest absolute Gasteiger partial charge is 0.326 e. The number of carboxylic acids is 1. The molecular weight excluding hydrogens is 334 g/mol. The summed E-state index contributed by atoms with van der Waals surface area (Å²) in [6.45, 7) is 5.18. The summed E-state index contributed by atoms with van der Waals surface area (Å²) in [5.74, 6) is -1.39. The van der Waals surface area contributed by atoms with Crippen LogP contribution in [-0.4, -0.2) is 59.4 Å². The molecule has 3 unspecified atom stereocenters. The number of hydrogen-bond donors (Lipinski definition) is 4. The molecule has 24 heavy (non-hydrogen) atoms. The maximum atomic E-state index is 12.1. The first kappa shape index (κ1) is 22.2. The van der Waals surface area contributed by atoms with Crippen molar-refractivity contribution in [1.29, 1.82) is 0 Å². The van der Waals surface area contributed by atoms with E-state index in [1.165, 1.54) is 18.7 Å². The first-order valence-electron chi connectivity index (χ1n) is 7.75. The van der Waals surface area contributed by atoms with Crippen LogP contribution in [0.3, 0.4) is 0 Å². The Kier molecular flexibility index (Phi) is 10.9. The van der Waals surface area contributed by atoms with E-state index in [-0.39, 0.29) is 5.92 Å². The zero-order valence-electron chi connectivity index (χ0n) is 14.5. The van der Waals surface area contributed by atoms with E-state index in [4.69, 9.17) is 5.11 Å². The number of hydrogen-bond acceptors (Lipinski definition) is 5. The fourth-order valence-electron chi connectivity index (χ4n) is 1.98. The molecule has 0 aromatic carbocycles. The van der Waals surface area contributed by atoms with Crippen molar-refractivity contribution in [3.05, 3.63) is 0 Å². The van der Waals surface area contributed by atoms with E-state index in [9.17, 15) is 19.2 Å². The van der Waals surface area contributed by atoms with Gasteiger partial charge in [0.15, 0.2) is 0 Å². The Bertz CT molecular complexity index is 445. The molecular formula is C15H27N3O5S. The number of aliphatic carboxylic acids is 1. The minimum Gasteiger partial charge on any atom is -0.480 e. The molecule has 0 aliphatic carbocycles. The van der Waals surface area contributed by atoms with E-state index < -0.39 is 35.9 Å². The van der Waals surface area contributed by atoms with Crippen molar-refractivity contribution < 1.29 is 24.3 Å². The van der Waals surface area contributed by atoms with Gasteiger partial charge in [-0.25, -0.2) is 4.79 Å². The Morgan fingerprint density at radius 1 is 1.08 bits per heavy atom. The highest BCUT2D eigenvalue weighted by Crippen LogP contribution is 2.05. The molecule has 0 aromatic heterocycles. The largest absolute Gasteiger partial charge is 0.480 e. The number of carbonyl (C=O) groups excluding carboxylic acids is 3. The zero-order valence-corrected chi connectivity index (χ0v) is 15.3. The Hall–Kier alpha value is -1.77. The summed E-state index contributed by atoms with van der Waals surface area (Å²) < 4.78 is 0. The number of amides is 3. The van der Waals surface area contributed by atoms with E-state index in [1.807, 2.05) is 20.1 Å². The predicted molar refractivity (Wildman–Crippen MR) is 92.6 cm³/mol. The summed E-state index contributed by atoms with van der Waals surface area (Å²) in [5.41, 5.74) is 0. The van der Waals surface area contributed by atoms with Crippen LogP contribution < -0.4 is 16.0 Å². The van der Waals surface area contributed by atoms with Gasteiger partial charge >= 0.3 is 5.97 Å². The molecule has 3 amide bonds. The molecule has 8 nitrogen and oxygen atoms in total. The highest BCUT2D eigenvalue weighted by molar-refractivity contribution is 7.98. The highest BCUT2D eigenvalue weighted by Gasteiger charge is 2.26. The van der Waals surface area contributed by atoms with Gasteiger partial charge in [0.1, 0.15) is 18.1 Å². The lowest BCUT2D eigenvalue weighted by atomic mass is 10.0. The molecule has 0 bridgehead atoms. The van der Waals surface area contributed by atoms with Crippen LogP contribution in [0.15, 0.2) is 0 Å². The SMILES string of the molecule is CSCCC(NC=O)C(=O)NC(C)C(=O)NC(CC(C)C)C(=O)O. The van der Waals surface area contributed by atoms with Crippen LogP contribution in [0.4, 0.5) is 0 Å². The van der Waals surface area contributed by atoms with Gasteiger partial charge in [-0.1, -0.05) is 13.8 Å². The van der Waals surface area contributed by atoms with Gasteiger partial charge in [0.05, 0.1) is 0 Å². The molecule has 0 aliphatic heterocycles. The van der Waals surface area contributed by atoms with Gasteiger partial charge in [0.2, 0.25) is 18.2 Å². The van der Waals surface area contributed by atoms with Gasteiger partial charge in [-0.3, -0.25) is 14.4 Å². The lowest BCUT2D eigenvalue weighted by Gasteiger charge is -2.22. The average molecular weight is 361 g/mol. The second-order valence-electron chi connectivity index (χ2n) is 5.88. The number of nitrogens with one attached hydrogen (secondary N) is 3. The third-order valence-electron chi connectivity index (χ3n) is 3.27. The summed E-state index contributed by atoms with van der Waals surface area (Å²) in [7, 11) is 0. The van der Waals surface area contributed by atoms with Crippen LogP contribution in [0.1, 0.15) is 33.6 Å². The molecule has 0 radical (unpaired) electrons. The van der Waals surface area contributed by atoms with Crippen molar-refractivity contribution in [2.75, 3.05) is 12.0 Å². The molecule has 0 saturated carbocycles. The molecule has 138 valence electrons. The molecule has 0 saturated heterocycles. The van der Waals surface area contributed by atoms with E-state index in [1.54, 1.807) is 0 Å². The lowest BCUT2D eigenvalue weighted by Crippen LogP contribution is -2.54. The zero-order chi connectivity index (χ0) is 18.7. The van der Waals surface area contributed by atoms with Crippen molar-refractivity contribution in [3.8, 4) is 0 Å². The Labute approximate surface area is 146 Å². The standard InChI is InChI=1S/C15H27N3O5S/c1-9(2)7-12(15(22)23)18-13(20)10(3)17-14(21)11(16-8-19)5-6-24-4/h8-12H,5-7H2,1-4H3,(H,16,19)(H,17,21)(H,18,20)(H,22,23). The summed E-state index contributed by atoms with van der Waals surface area (Å²) in [6.07, 6.45) is 3.06. The van der Waals surface area contributed by atoms with Crippen LogP contribution in [0, 0.1) is 5.92 Å². The number of carbonyl (C=O) groups is 4. The van der Waals surface area contributed by atoms with Crippen LogP contribution in [0.2, 0.25) is 0 Å². The van der Waals surface area contributed by atoms with Crippen LogP contribution >= 0.6 is 11.8 Å². The molecule has 4 N–H and O–H groups in total. The third-order valence-corrected chi connectivity index (χ3v) is 3.91. The minimum absolute atomic E-state index is 0.101. The second-order valence-corrected chi connectivity index (χ2v) is 6.86. The number of carboxylic acid groups (broad SMARTS) is 1. The van der Waals surface area contributed by atoms with Gasteiger partial charge in [-0.2, -0.15) is 11.8 Å². The normalized spacial score (nSPS) is 14.4. The molecule has 3 atom stereocenters. The predicted octanol–water partition coefficient (Wildman–Crippen LogP) is -0.0257. The molecule has 0 rings (SSSR count). The fraction of sp³-hybridized carbons (Fsp3) is 0.733. The molecule has 0 spiro atoms. The van der Waals surface area contributed by atoms with Crippen LogP contribution in [0.25, 0.3) is 0 Å². The van der Waals surface area contributed by atoms with Gasteiger partial charge in [-0.05, 0) is 37.7 Å². The van der Waals surface area contributed by atoms with Gasteiger partial charge in [-0.15, -0.1) is 0 Å². The quantitative estimate of drug-likeness (QED) is 0.362. The van der Waals surface area contributed by atoms with E-state index in [0.29, 0.717) is 25.0 Å². The second kappa shape index (κ2) is 11.7. The average Bonchev–Trinajstić information content (AvgIpc) is 2.49. The molecule has 0 fully saturated rings. The number of rotatable bonds is 12. The Balaban J connectivity index is 4.67. The maximum Gasteiger partial charge on any atom is 0.326 e. The Morgan fingerprint density at radius 3 is 2.17 bits per heavy atom. The van der Waals surface area contributed by atoms with E-state index in [0.717, 1.165) is 0 Å². The minimum atomic E-state index is -1.11. The fourth-order valence-corrected chi connectivity index (χ4v) is 2.45. The summed E-state index contributed by atoms with van der Waals surface area (Å²) in [4.78, 5) is 46.0. The summed E-state index contributed by atoms with van der Waals surface area (Å²) in [5, 5.41) is 16.5. The van der Waals surface area contributed by atoms with Gasteiger partial charge in [0.25, 0.3) is 0 Å². The Morgan fingerprint density at radius 2 is 1.71 bits per heavy atom. The van der Waals surface area contributed by atoms with Gasteiger partial charge < -0.3 is 21.1 Å². The first-order valence-corrected chi connectivity index (χ1v) is 9.14. The monoisotopic (exact) mass is 361 g/mol. The highest BCUT2D eigenvalue weighted by atomic mass is 32.2. The van der Waals surface area contributed by atoms with Crippen molar-refractivity contribution in [2.24, 2.45) is 5.92 Å². The number of thioether (sulfide) groups is 1. The van der Waals surface area contributed by atoms with Crippen molar-refractivity contribution >= 4 is 36.0 Å². The molecule has 9 heteroatoms. The van der Waals surface area contributed by atoms with Crippen LogP contribution in [-0.2, 0) is 19.2 Å².